The Hall–Kier alpha value is -1.01. The van der Waals surface area contributed by atoms with Gasteiger partial charge >= 0.3 is 0 Å². The van der Waals surface area contributed by atoms with Crippen LogP contribution in [-0.2, 0) is 0 Å². The lowest BCUT2D eigenvalue weighted by Gasteiger charge is -2.42. The zero-order valence-corrected chi connectivity index (χ0v) is 13.5. The molecule has 3 unspecified atom stereocenters. The van der Waals surface area contributed by atoms with Gasteiger partial charge in [-0.1, -0.05) is 25.1 Å². The number of aliphatic hydroxyl groups is 2. The third-order valence-electron chi connectivity index (χ3n) is 4.35. The minimum Gasteiger partial charge on any atom is -0.392 e. The first-order chi connectivity index (χ1) is 10.5. The number of aliphatic hydroxyl groups excluding tert-OH is 2. The summed E-state index contributed by atoms with van der Waals surface area (Å²) < 4.78 is 13.7. The van der Waals surface area contributed by atoms with Gasteiger partial charge in [-0.25, -0.2) is 4.39 Å². The number of piperazine rings is 1. The number of hydrogen-bond donors (Lipinski definition) is 2. The molecule has 0 bridgehead atoms. The molecule has 1 aromatic carbocycles. The second kappa shape index (κ2) is 8.02. The Balaban J connectivity index is 1.93. The third-order valence-corrected chi connectivity index (χ3v) is 4.35. The normalized spacial score (nSPS) is 23.4. The molecule has 2 rings (SSSR count). The van der Waals surface area contributed by atoms with Crippen molar-refractivity contribution >= 4 is 0 Å². The first-order valence-electron chi connectivity index (χ1n) is 8.08. The molecular formula is C17H27FN2O2. The maximum atomic E-state index is 13.7. The Morgan fingerprint density at radius 2 is 1.95 bits per heavy atom. The van der Waals surface area contributed by atoms with Crippen LogP contribution in [0, 0.1) is 5.82 Å². The van der Waals surface area contributed by atoms with Crippen LogP contribution in [-0.4, -0.2) is 64.9 Å². The topological polar surface area (TPSA) is 46.9 Å². The third kappa shape index (κ3) is 4.49. The van der Waals surface area contributed by atoms with Gasteiger partial charge in [-0.2, -0.15) is 0 Å². The van der Waals surface area contributed by atoms with Crippen molar-refractivity contribution in [1.82, 2.24) is 9.80 Å². The predicted molar refractivity (Wildman–Crippen MR) is 85.1 cm³/mol. The van der Waals surface area contributed by atoms with E-state index in [0.717, 1.165) is 26.1 Å². The summed E-state index contributed by atoms with van der Waals surface area (Å²) in [5.41, 5.74) is 0.363. The second-order valence-corrected chi connectivity index (χ2v) is 6.20. The molecule has 3 atom stereocenters. The molecule has 1 heterocycles. The zero-order valence-electron chi connectivity index (χ0n) is 13.5. The molecule has 1 aliphatic heterocycles. The summed E-state index contributed by atoms with van der Waals surface area (Å²) >= 11 is 0. The van der Waals surface area contributed by atoms with Gasteiger partial charge in [-0.3, -0.25) is 9.80 Å². The number of halogens is 1. The highest BCUT2D eigenvalue weighted by Crippen LogP contribution is 2.20. The summed E-state index contributed by atoms with van der Waals surface area (Å²) in [6, 6.07) is 6.77. The Bertz CT molecular complexity index is 470. The van der Waals surface area contributed by atoms with Crippen molar-refractivity contribution in [2.24, 2.45) is 0 Å². The number of benzene rings is 1. The average molecular weight is 310 g/mol. The predicted octanol–water partition coefficient (Wildman–Crippen LogP) is 1.64. The molecule has 22 heavy (non-hydrogen) atoms. The lowest BCUT2D eigenvalue weighted by molar-refractivity contribution is 0.0165. The van der Waals surface area contributed by atoms with E-state index in [2.05, 4.69) is 16.7 Å². The van der Waals surface area contributed by atoms with Crippen LogP contribution in [0.25, 0.3) is 0 Å². The molecular weight excluding hydrogens is 283 g/mol. The van der Waals surface area contributed by atoms with Crippen molar-refractivity contribution in [3.05, 3.63) is 35.6 Å². The van der Waals surface area contributed by atoms with Crippen LogP contribution >= 0.6 is 0 Å². The maximum absolute atomic E-state index is 13.7. The fourth-order valence-corrected chi connectivity index (χ4v) is 3.18. The van der Waals surface area contributed by atoms with Gasteiger partial charge in [-0.15, -0.1) is 0 Å². The summed E-state index contributed by atoms with van der Waals surface area (Å²) in [4.78, 5) is 4.49. The van der Waals surface area contributed by atoms with Crippen molar-refractivity contribution in [2.75, 3.05) is 32.7 Å². The highest BCUT2D eigenvalue weighted by molar-refractivity contribution is 5.20. The molecule has 0 spiro atoms. The zero-order chi connectivity index (χ0) is 16.1. The van der Waals surface area contributed by atoms with E-state index >= 15 is 0 Å². The molecule has 0 saturated carbocycles. The first-order valence-corrected chi connectivity index (χ1v) is 8.08. The van der Waals surface area contributed by atoms with E-state index < -0.39 is 6.10 Å². The molecule has 1 aromatic rings. The van der Waals surface area contributed by atoms with E-state index in [0.29, 0.717) is 24.7 Å². The van der Waals surface area contributed by atoms with E-state index in [1.807, 2.05) is 0 Å². The highest BCUT2D eigenvalue weighted by Gasteiger charge is 2.28. The summed E-state index contributed by atoms with van der Waals surface area (Å²) in [5.74, 6) is -0.352. The minimum atomic E-state index is -0.804. The van der Waals surface area contributed by atoms with Crippen molar-refractivity contribution < 1.29 is 14.6 Å². The van der Waals surface area contributed by atoms with E-state index in [-0.39, 0.29) is 11.9 Å². The molecule has 1 fully saturated rings. The van der Waals surface area contributed by atoms with Gasteiger partial charge in [-0.05, 0) is 19.4 Å². The van der Waals surface area contributed by atoms with Crippen LogP contribution in [0.5, 0.6) is 0 Å². The molecule has 0 aliphatic carbocycles. The summed E-state index contributed by atoms with van der Waals surface area (Å²) in [6.45, 7) is 7.61. The van der Waals surface area contributed by atoms with Crippen molar-refractivity contribution in [2.45, 2.75) is 38.5 Å². The molecule has 1 saturated heterocycles. The van der Waals surface area contributed by atoms with Gasteiger partial charge in [0.25, 0.3) is 0 Å². The number of nitrogens with zero attached hydrogens (tertiary/aromatic N) is 2. The van der Waals surface area contributed by atoms with Crippen LogP contribution in [0.4, 0.5) is 4.39 Å². The Kier molecular flexibility index (Phi) is 6.32. The monoisotopic (exact) mass is 310 g/mol. The maximum Gasteiger partial charge on any atom is 0.129 e. The Morgan fingerprint density at radius 1 is 1.23 bits per heavy atom. The molecule has 124 valence electrons. The fraction of sp³-hybridized carbons (Fsp3) is 0.647. The molecule has 0 radical (unpaired) electrons. The molecule has 5 heteroatoms. The standard InChI is InChI=1S/C17H27FN2O2/c1-3-14-11-19(8-9-20(14)10-13(2)21)12-17(22)15-6-4-5-7-16(15)18/h4-7,13-14,17,21-22H,3,8-12H2,1-2H3. The molecule has 2 N–H and O–H groups in total. The Labute approximate surface area is 132 Å². The van der Waals surface area contributed by atoms with Crippen LogP contribution in [0.2, 0.25) is 0 Å². The van der Waals surface area contributed by atoms with Gasteiger partial charge in [0, 0.05) is 44.3 Å². The summed E-state index contributed by atoms with van der Waals surface area (Å²) in [6.07, 6.45) is -0.134. The minimum absolute atomic E-state index is 0.329. The van der Waals surface area contributed by atoms with Crippen LogP contribution in [0.1, 0.15) is 31.9 Å². The van der Waals surface area contributed by atoms with Crippen molar-refractivity contribution in [1.29, 1.82) is 0 Å². The highest BCUT2D eigenvalue weighted by atomic mass is 19.1. The number of rotatable bonds is 6. The summed E-state index contributed by atoms with van der Waals surface area (Å²) in [5, 5.41) is 19.9. The summed E-state index contributed by atoms with van der Waals surface area (Å²) in [7, 11) is 0. The molecule has 4 nitrogen and oxygen atoms in total. The lowest BCUT2D eigenvalue weighted by atomic mass is 10.1. The van der Waals surface area contributed by atoms with Gasteiger partial charge in [0.2, 0.25) is 0 Å². The van der Waals surface area contributed by atoms with Crippen LogP contribution in [0.15, 0.2) is 24.3 Å². The number of hydrogen-bond acceptors (Lipinski definition) is 4. The van der Waals surface area contributed by atoms with Gasteiger partial charge < -0.3 is 10.2 Å². The quantitative estimate of drug-likeness (QED) is 0.838. The lowest BCUT2D eigenvalue weighted by Crippen LogP contribution is -2.55. The second-order valence-electron chi connectivity index (χ2n) is 6.20. The Morgan fingerprint density at radius 3 is 2.59 bits per heavy atom. The van der Waals surface area contributed by atoms with E-state index in [9.17, 15) is 14.6 Å². The number of β-amino-alcohol motifs (C(OH)–C–C–N with tert-alkyl or cyclic N) is 2. The van der Waals surface area contributed by atoms with Gasteiger partial charge in [0.05, 0.1) is 12.2 Å². The van der Waals surface area contributed by atoms with E-state index in [1.54, 1.807) is 25.1 Å². The molecule has 0 aromatic heterocycles. The molecule has 0 amide bonds. The van der Waals surface area contributed by atoms with E-state index in [4.69, 9.17) is 0 Å². The van der Waals surface area contributed by atoms with E-state index in [1.165, 1.54) is 6.07 Å². The average Bonchev–Trinajstić information content (AvgIpc) is 2.48. The van der Waals surface area contributed by atoms with Crippen LogP contribution < -0.4 is 0 Å². The fourth-order valence-electron chi connectivity index (χ4n) is 3.18. The largest absolute Gasteiger partial charge is 0.392 e. The molecule has 1 aliphatic rings. The van der Waals surface area contributed by atoms with Crippen molar-refractivity contribution in [3.63, 3.8) is 0 Å². The SMILES string of the molecule is CCC1CN(CC(O)c2ccccc2F)CCN1CC(C)O. The van der Waals surface area contributed by atoms with Gasteiger partial charge in [0.15, 0.2) is 0 Å². The first kappa shape index (κ1) is 17.3. The van der Waals surface area contributed by atoms with Crippen LogP contribution in [0.3, 0.4) is 0 Å². The van der Waals surface area contributed by atoms with Gasteiger partial charge in [0.1, 0.15) is 5.82 Å². The smallest absolute Gasteiger partial charge is 0.129 e. The van der Waals surface area contributed by atoms with Crippen molar-refractivity contribution in [3.8, 4) is 0 Å².